The third-order valence-corrected chi connectivity index (χ3v) is 4.37. The molecular formula is C17H25F2N. The molecule has 1 fully saturated rings. The largest absolute Gasteiger partial charge is 0.314 e. The molecule has 2 rings (SSSR count). The number of rotatable bonds is 5. The van der Waals surface area contributed by atoms with Gasteiger partial charge < -0.3 is 5.32 Å². The molecule has 1 saturated carbocycles. The predicted molar refractivity (Wildman–Crippen MR) is 78.7 cm³/mol. The molecule has 0 saturated heterocycles. The third-order valence-electron chi connectivity index (χ3n) is 4.37. The lowest BCUT2D eigenvalue weighted by Gasteiger charge is -2.38. The van der Waals surface area contributed by atoms with Gasteiger partial charge in [-0.2, -0.15) is 0 Å². The summed E-state index contributed by atoms with van der Waals surface area (Å²) >= 11 is 0. The second kappa shape index (κ2) is 6.66. The van der Waals surface area contributed by atoms with Crippen LogP contribution in [0.4, 0.5) is 8.78 Å². The Labute approximate surface area is 120 Å². The minimum atomic E-state index is -0.343. The topological polar surface area (TPSA) is 12.0 Å². The Morgan fingerprint density at radius 2 is 1.85 bits per heavy atom. The molecule has 0 radical (unpaired) electrons. The van der Waals surface area contributed by atoms with E-state index in [9.17, 15) is 8.78 Å². The van der Waals surface area contributed by atoms with Crippen LogP contribution >= 0.6 is 0 Å². The maximum absolute atomic E-state index is 13.9. The Bertz CT molecular complexity index is 437. The molecule has 112 valence electrons. The van der Waals surface area contributed by atoms with Gasteiger partial charge in [0.05, 0.1) is 0 Å². The highest BCUT2D eigenvalue weighted by atomic mass is 19.1. The monoisotopic (exact) mass is 281 g/mol. The van der Waals surface area contributed by atoms with E-state index in [2.05, 4.69) is 19.2 Å². The summed E-state index contributed by atoms with van der Waals surface area (Å²) in [4.78, 5) is 0. The first kappa shape index (κ1) is 15.4. The summed E-state index contributed by atoms with van der Waals surface area (Å²) in [5.41, 5.74) is 0.606. The lowest BCUT2D eigenvalue weighted by Crippen LogP contribution is -2.40. The van der Waals surface area contributed by atoms with Crippen LogP contribution in [0.3, 0.4) is 0 Å². The van der Waals surface area contributed by atoms with Crippen molar-refractivity contribution in [3.8, 4) is 0 Å². The van der Waals surface area contributed by atoms with Gasteiger partial charge in [-0.1, -0.05) is 33.1 Å². The van der Waals surface area contributed by atoms with E-state index in [-0.39, 0.29) is 17.0 Å². The Kier molecular flexibility index (Phi) is 5.14. The van der Waals surface area contributed by atoms with Gasteiger partial charge in [-0.3, -0.25) is 0 Å². The van der Waals surface area contributed by atoms with Crippen molar-refractivity contribution >= 4 is 0 Å². The number of halogens is 2. The molecule has 0 amide bonds. The average Bonchev–Trinajstić information content (AvgIpc) is 2.42. The smallest absolute Gasteiger partial charge is 0.126 e. The molecule has 0 heterocycles. The summed E-state index contributed by atoms with van der Waals surface area (Å²) in [7, 11) is 0. The normalized spacial score (nSPS) is 18.4. The van der Waals surface area contributed by atoms with Crippen molar-refractivity contribution in [2.45, 2.75) is 58.4 Å². The maximum Gasteiger partial charge on any atom is 0.126 e. The molecule has 0 aromatic heterocycles. The zero-order chi connectivity index (χ0) is 14.6. The van der Waals surface area contributed by atoms with Crippen molar-refractivity contribution in [2.24, 2.45) is 5.41 Å². The molecule has 1 aromatic carbocycles. The lowest BCUT2D eigenvalue weighted by atomic mass is 9.70. The fourth-order valence-electron chi connectivity index (χ4n) is 3.22. The Morgan fingerprint density at radius 3 is 2.50 bits per heavy atom. The van der Waals surface area contributed by atoms with Crippen LogP contribution in [0.5, 0.6) is 0 Å². The minimum Gasteiger partial charge on any atom is -0.314 e. The van der Waals surface area contributed by atoms with E-state index >= 15 is 0 Å². The van der Waals surface area contributed by atoms with Crippen molar-refractivity contribution < 1.29 is 8.78 Å². The maximum atomic E-state index is 13.9. The Morgan fingerprint density at radius 1 is 1.15 bits per heavy atom. The SMILES string of the molecule is CC(C)NCC1(Cc2cc(F)ccc2F)CCCCC1. The van der Waals surface area contributed by atoms with Crippen molar-refractivity contribution in [1.82, 2.24) is 5.32 Å². The van der Waals surface area contributed by atoms with Gasteiger partial charge in [0.1, 0.15) is 11.6 Å². The van der Waals surface area contributed by atoms with E-state index in [1.54, 1.807) is 0 Å². The fraction of sp³-hybridized carbons (Fsp3) is 0.647. The molecule has 0 atom stereocenters. The molecule has 0 aliphatic heterocycles. The molecule has 1 N–H and O–H groups in total. The van der Waals surface area contributed by atoms with Crippen LogP contribution in [0, 0.1) is 17.0 Å². The number of hydrogen-bond acceptors (Lipinski definition) is 1. The summed E-state index contributed by atoms with van der Waals surface area (Å²) in [5.74, 6) is -0.620. The predicted octanol–water partition coefficient (Wildman–Crippen LogP) is 4.46. The number of hydrogen-bond donors (Lipinski definition) is 1. The van der Waals surface area contributed by atoms with Crippen LogP contribution in [0.25, 0.3) is 0 Å². The first-order valence-electron chi connectivity index (χ1n) is 7.68. The molecule has 3 heteroatoms. The van der Waals surface area contributed by atoms with E-state index < -0.39 is 0 Å². The molecular weight excluding hydrogens is 256 g/mol. The summed E-state index contributed by atoms with van der Waals surface area (Å²) in [6.45, 7) is 5.14. The van der Waals surface area contributed by atoms with Crippen LogP contribution in [0.15, 0.2) is 18.2 Å². The second-order valence-corrected chi connectivity index (χ2v) is 6.51. The number of benzene rings is 1. The Hall–Kier alpha value is -0.960. The quantitative estimate of drug-likeness (QED) is 0.840. The first-order chi connectivity index (χ1) is 9.51. The van der Waals surface area contributed by atoms with Crippen LogP contribution in [0.2, 0.25) is 0 Å². The van der Waals surface area contributed by atoms with Gasteiger partial charge in [0, 0.05) is 12.6 Å². The van der Waals surface area contributed by atoms with Gasteiger partial charge in [-0.05, 0) is 48.4 Å². The second-order valence-electron chi connectivity index (χ2n) is 6.51. The molecule has 0 unspecified atom stereocenters. The van der Waals surface area contributed by atoms with Gasteiger partial charge in [0.25, 0.3) is 0 Å². The lowest BCUT2D eigenvalue weighted by molar-refractivity contribution is 0.174. The van der Waals surface area contributed by atoms with E-state index in [4.69, 9.17) is 0 Å². The summed E-state index contributed by atoms with van der Waals surface area (Å²) in [5, 5.41) is 3.49. The highest BCUT2D eigenvalue weighted by molar-refractivity contribution is 5.20. The van der Waals surface area contributed by atoms with Crippen LogP contribution in [-0.4, -0.2) is 12.6 Å². The molecule has 1 aliphatic carbocycles. The van der Waals surface area contributed by atoms with Gasteiger partial charge in [0.15, 0.2) is 0 Å². The molecule has 0 spiro atoms. The van der Waals surface area contributed by atoms with Crippen molar-refractivity contribution in [3.63, 3.8) is 0 Å². The zero-order valence-electron chi connectivity index (χ0n) is 12.5. The van der Waals surface area contributed by atoms with Gasteiger partial charge in [-0.15, -0.1) is 0 Å². The summed E-state index contributed by atoms with van der Waals surface area (Å²) in [6, 6.07) is 4.22. The average molecular weight is 281 g/mol. The van der Waals surface area contributed by atoms with Crippen LogP contribution < -0.4 is 5.32 Å². The minimum absolute atomic E-state index is 0.0805. The standard InChI is InChI=1S/C17H25F2N/c1-13(2)20-12-17(8-4-3-5-9-17)11-14-10-15(18)6-7-16(14)19/h6-7,10,13,20H,3-5,8-9,11-12H2,1-2H3. The molecule has 1 nitrogen and oxygen atoms in total. The highest BCUT2D eigenvalue weighted by Gasteiger charge is 2.33. The van der Waals surface area contributed by atoms with Crippen LogP contribution in [-0.2, 0) is 6.42 Å². The molecule has 20 heavy (non-hydrogen) atoms. The van der Waals surface area contributed by atoms with Crippen molar-refractivity contribution in [1.29, 1.82) is 0 Å². The Balaban J connectivity index is 2.16. The van der Waals surface area contributed by atoms with Gasteiger partial charge >= 0.3 is 0 Å². The first-order valence-corrected chi connectivity index (χ1v) is 7.68. The van der Waals surface area contributed by atoms with E-state index in [1.165, 1.54) is 37.5 Å². The third kappa shape index (κ3) is 4.02. The molecule has 0 bridgehead atoms. The van der Waals surface area contributed by atoms with Gasteiger partial charge in [-0.25, -0.2) is 8.78 Å². The highest BCUT2D eigenvalue weighted by Crippen LogP contribution is 2.39. The zero-order valence-corrected chi connectivity index (χ0v) is 12.5. The van der Waals surface area contributed by atoms with Gasteiger partial charge in [0.2, 0.25) is 0 Å². The summed E-state index contributed by atoms with van der Waals surface area (Å²) < 4.78 is 27.3. The van der Waals surface area contributed by atoms with Crippen molar-refractivity contribution in [3.05, 3.63) is 35.4 Å². The van der Waals surface area contributed by atoms with Crippen molar-refractivity contribution in [2.75, 3.05) is 6.54 Å². The molecule has 1 aliphatic rings. The van der Waals surface area contributed by atoms with Crippen LogP contribution in [0.1, 0.15) is 51.5 Å². The summed E-state index contributed by atoms with van der Waals surface area (Å²) in [6.07, 6.45) is 6.48. The van der Waals surface area contributed by atoms with E-state index in [1.807, 2.05) is 0 Å². The van der Waals surface area contributed by atoms with E-state index in [0.29, 0.717) is 18.0 Å². The molecule has 1 aromatic rings. The number of nitrogens with one attached hydrogen (secondary N) is 1. The fourth-order valence-corrected chi connectivity index (χ4v) is 3.22. The van der Waals surface area contributed by atoms with E-state index in [0.717, 1.165) is 19.4 Å².